The lowest BCUT2D eigenvalue weighted by Gasteiger charge is -2.21. The van der Waals surface area contributed by atoms with E-state index < -0.39 is 33.0 Å². The standard InChI is InChI=1S/C14H21F2NO3S/c1-14(2,10-18)7-4-8-17-21(19,20)9-11-12(15)5-3-6-13(11)16/h3,5-6,17-18H,4,7-10H2,1-2H3. The van der Waals surface area contributed by atoms with E-state index in [1.54, 1.807) is 0 Å². The van der Waals surface area contributed by atoms with Crippen LogP contribution in [0.3, 0.4) is 0 Å². The van der Waals surface area contributed by atoms with E-state index in [4.69, 9.17) is 5.11 Å². The van der Waals surface area contributed by atoms with Crippen molar-refractivity contribution in [1.82, 2.24) is 4.72 Å². The average Bonchev–Trinajstić information content (AvgIpc) is 2.39. The van der Waals surface area contributed by atoms with Gasteiger partial charge >= 0.3 is 0 Å². The molecular weight excluding hydrogens is 300 g/mol. The number of hydrogen-bond acceptors (Lipinski definition) is 3. The average molecular weight is 321 g/mol. The lowest BCUT2D eigenvalue weighted by Crippen LogP contribution is -2.28. The summed E-state index contributed by atoms with van der Waals surface area (Å²) in [4.78, 5) is 0. The van der Waals surface area contributed by atoms with Crippen molar-refractivity contribution in [3.63, 3.8) is 0 Å². The van der Waals surface area contributed by atoms with Gasteiger partial charge in [0.25, 0.3) is 0 Å². The molecule has 0 radical (unpaired) electrons. The number of benzene rings is 1. The zero-order valence-corrected chi connectivity index (χ0v) is 13.0. The van der Waals surface area contributed by atoms with Crippen molar-refractivity contribution < 1.29 is 22.3 Å². The molecule has 0 aliphatic rings. The lowest BCUT2D eigenvalue weighted by atomic mass is 9.89. The summed E-state index contributed by atoms with van der Waals surface area (Å²) >= 11 is 0. The summed E-state index contributed by atoms with van der Waals surface area (Å²) in [5, 5.41) is 9.09. The number of nitrogens with one attached hydrogen (secondary N) is 1. The predicted octanol–water partition coefficient (Wildman–Crippen LogP) is 2.18. The Kier molecular flexibility index (Phi) is 6.24. The van der Waals surface area contributed by atoms with Gasteiger partial charge in [-0.1, -0.05) is 19.9 Å². The molecule has 0 atom stereocenters. The Balaban J connectivity index is 2.55. The first-order valence-corrected chi connectivity index (χ1v) is 8.33. The maximum absolute atomic E-state index is 13.4. The Labute approximate surface area is 124 Å². The molecule has 120 valence electrons. The smallest absolute Gasteiger partial charge is 0.215 e. The van der Waals surface area contributed by atoms with Crippen molar-refractivity contribution in [2.45, 2.75) is 32.4 Å². The van der Waals surface area contributed by atoms with Gasteiger partial charge in [0.05, 0.1) is 5.75 Å². The molecule has 1 aromatic rings. The second kappa shape index (κ2) is 7.29. The fraction of sp³-hybridized carbons (Fsp3) is 0.571. The minimum atomic E-state index is -3.80. The van der Waals surface area contributed by atoms with E-state index in [2.05, 4.69) is 4.72 Å². The zero-order valence-electron chi connectivity index (χ0n) is 12.2. The second-order valence-corrected chi connectivity index (χ2v) is 7.59. The topological polar surface area (TPSA) is 66.4 Å². The summed E-state index contributed by atoms with van der Waals surface area (Å²) in [6.45, 7) is 3.93. The number of sulfonamides is 1. The van der Waals surface area contributed by atoms with E-state index in [9.17, 15) is 17.2 Å². The van der Waals surface area contributed by atoms with Crippen molar-refractivity contribution in [3.05, 3.63) is 35.4 Å². The van der Waals surface area contributed by atoms with E-state index in [0.29, 0.717) is 12.8 Å². The highest BCUT2D eigenvalue weighted by atomic mass is 32.2. The van der Waals surface area contributed by atoms with Gasteiger partial charge in [-0.25, -0.2) is 21.9 Å². The maximum atomic E-state index is 13.4. The van der Waals surface area contributed by atoms with E-state index in [-0.39, 0.29) is 18.6 Å². The van der Waals surface area contributed by atoms with Crippen LogP contribution in [0.15, 0.2) is 18.2 Å². The van der Waals surface area contributed by atoms with E-state index in [1.165, 1.54) is 6.07 Å². The minimum absolute atomic E-state index is 0.0141. The summed E-state index contributed by atoms with van der Waals surface area (Å²) in [5.41, 5.74) is -0.732. The Morgan fingerprint density at radius 2 is 1.81 bits per heavy atom. The molecule has 0 fully saturated rings. The van der Waals surface area contributed by atoms with Gasteiger partial charge in [0.15, 0.2) is 0 Å². The monoisotopic (exact) mass is 321 g/mol. The van der Waals surface area contributed by atoms with Gasteiger partial charge in [-0.15, -0.1) is 0 Å². The molecular formula is C14H21F2NO3S. The van der Waals surface area contributed by atoms with E-state index in [1.807, 2.05) is 13.8 Å². The highest BCUT2D eigenvalue weighted by Gasteiger charge is 2.19. The molecule has 0 spiro atoms. The molecule has 1 rings (SSSR count). The van der Waals surface area contributed by atoms with Crippen LogP contribution in [-0.2, 0) is 15.8 Å². The van der Waals surface area contributed by atoms with Gasteiger partial charge in [-0.05, 0) is 30.4 Å². The van der Waals surface area contributed by atoms with Crippen molar-refractivity contribution in [3.8, 4) is 0 Å². The molecule has 2 N–H and O–H groups in total. The Morgan fingerprint density at radius 1 is 1.24 bits per heavy atom. The SMILES string of the molecule is CC(C)(CO)CCCNS(=O)(=O)Cc1c(F)cccc1F. The van der Waals surface area contributed by atoms with Gasteiger partial charge in [-0.3, -0.25) is 0 Å². The number of rotatable bonds is 8. The number of halogens is 2. The molecule has 1 aromatic carbocycles. The van der Waals surface area contributed by atoms with Gasteiger partial charge in [0.1, 0.15) is 11.6 Å². The first-order chi connectivity index (χ1) is 9.67. The number of aliphatic hydroxyl groups excluding tert-OH is 1. The third-order valence-electron chi connectivity index (χ3n) is 3.18. The second-order valence-electron chi connectivity index (χ2n) is 5.78. The van der Waals surface area contributed by atoms with Crippen LogP contribution in [0.25, 0.3) is 0 Å². The van der Waals surface area contributed by atoms with Crippen LogP contribution in [0, 0.1) is 17.0 Å². The van der Waals surface area contributed by atoms with Crippen LogP contribution >= 0.6 is 0 Å². The van der Waals surface area contributed by atoms with Crippen molar-refractivity contribution in [2.24, 2.45) is 5.41 Å². The Hall–Kier alpha value is -1.05. The normalized spacial score (nSPS) is 12.6. The molecule has 0 aliphatic heterocycles. The van der Waals surface area contributed by atoms with Crippen LogP contribution < -0.4 is 4.72 Å². The fourth-order valence-corrected chi connectivity index (χ4v) is 3.00. The molecule has 4 nitrogen and oxygen atoms in total. The molecule has 0 heterocycles. The molecule has 0 aromatic heterocycles. The third kappa shape index (κ3) is 6.07. The van der Waals surface area contributed by atoms with E-state index >= 15 is 0 Å². The van der Waals surface area contributed by atoms with Crippen LogP contribution in [0.2, 0.25) is 0 Å². The highest BCUT2D eigenvalue weighted by Crippen LogP contribution is 2.20. The largest absolute Gasteiger partial charge is 0.396 e. The number of hydrogen-bond donors (Lipinski definition) is 2. The molecule has 0 saturated heterocycles. The van der Waals surface area contributed by atoms with E-state index in [0.717, 1.165) is 12.1 Å². The van der Waals surface area contributed by atoms with Gasteiger partial charge in [0, 0.05) is 18.7 Å². The Bertz CT molecular complexity index is 553. The molecule has 21 heavy (non-hydrogen) atoms. The van der Waals surface area contributed by atoms with Gasteiger partial charge in [0.2, 0.25) is 10.0 Å². The highest BCUT2D eigenvalue weighted by molar-refractivity contribution is 7.88. The summed E-state index contributed by atoms with van der Waals surface area (Å²) in [6, 6.07) is 3.24. The molecule has 0 unspecified atom stereocenters. The van der Waals surface area contributed by atoms with Crippen LogP contribution in [0.4, 0.5) is 8.78 Å². The molecule has 0 amide bonds. The van der Waals surface area contributed by atoms with Crippen molar-refractivity contribution in [2.75, 3.05) is 13.2 Å². The predicted molar refractivity (Wildman–Crippen MR) is 77.1 cm³/mol. The van der Waals surface area contributed by atoms with Crippen LogP contribution in [0.1, 0.15) is 32.3 Å². The Morgan fingerprint density at radius 3 is 2.33 bits per heavy atom. The lowest BCUT2D eigenvalue weighted by molar-refractivity contribution is 0.148. The number of aliphatic hydroxyl groups is 1. The fourth-order valence-electron chi connectivity index (χ4n) is 1.78. The first-order valence-electron chi connectivity index (χ1n) is 6.68. The van der Waals surface area contributed by atoms with Gasteiger partial charge in [-0.2, -0.15) is 0 Å². The summed E-state index contributed by atoms with van der Waals surface area (Å²) in [6.07, 6.45) is 1.17. The summed E-state index contributed by atoms with van der Waals surface area (Å²) in [7, 11) is -3.80. The summed E-state index contributed by atoms with van der Waals surface area (Å²) in [5.74, 6) is -2.47. The first kappa shape index (κ1) is 18.0. The zero-order chi connectivity index (χ0) is 16.1. The molecule has 0 saturated carbocycles. The van der Waals surface area contributed by atoms with Crippen molar-refractivity contribution in [1.29, 1.82) is 0 Å². The summed E-state index contributed by atoms with van der Waals surface area (Å²) < 4.78 is 52.7. The maximum Gasteiger partial charge on any atom is 0.215 e. The van der Waals surface area contributed by atoms with Gasteiger partial charge < -0.3 is 5.11 Å². The van der Waals surface area contributed by atoms with Crippen molar-refractivity contribution >= 4 is 10.0 Å². The minimum Gasteiger partial charge on any atom is -0.396 e. The van der Waals surface area contributed by atoms with Crippen LogP contribution in [-0.4, -0.2) is 26.7 Å². The van der Waals surface area contributed by atoms with Crippen LogP contribution in [0.5, 0.6) is 0 Å². The molecule has 0 bridgehead atoms. The molecule has 0 aliphatic carbocycles. The quantitative estimate of drug-likeness (QED) is 0.721. The molecule has 7 heteroatoms. The third-order valence-corrected chi connectivity index (χ3v) is 4.49.